The van der Waals surface area contributed by atoms with Crippen molar-refractivity contribution in [2.75, 3.05) is 32.0 Å². The first-order valence-electron chi connectivity index (χ1n) is 9.73. The molecule has 0 amide bonds. The van der Waals surface area contributed by atoms with E-state index in [0.29, 0.717) is 12.1 Å². The lowest BCUT2D eigenvalue weighted by molar-refractivity contribution is -0.141. The highest BCUT2D eigenvalue weighted by Gasteiger charge is 2.34. The second kappa shape index (κ2) is 7.91. The summed E-state index contributed by atoms with van der Waals surface area (Å²) >= 11 is 0. The Bertz CT molecular complexity index is 855. The van der Waals surface area contributed by atoms with Crippen LogP contribution in [0.4, 0.5) is 23.2 Å². The van der Waals surface area contributed by atoms with Crippen LogP contribution in [0.2, 0.25) is 0 Å². The Kier molecular flexibility index (Phi) is 5.48. The quantitative estimate of drug-likeness (QED) is 0.780. The molecular weight excluding hydrogens is 390 g/mol. The standard InChI is InChI=1S/C19H23F4N5O/c20-14-5-6-16(19(21,22)23)25-17(14)18-15(24)11-28(26-18)13-3-1-12(2-4-13)27-7-9-29-10-8-27/h5-6,11-13H,1-4,7-10,24H2. The van der Waals surface area contributed by atoms with E-state index in [1.807, 2.05) is 0 Å². The number of nitrogens with zero attached hydrogens (tertiary/aromatic N) is 4. The molecule has 0 aromatic carbocycles. The van der Waals surface area contributed by atoms with Crippen LogP contribution in [-0.2, 0) is 10.9 Å². The van der Waals surface area contributed by atoms with Crippen LogP contribution in [0, 0.1) is 5.82 Å². The minimum Gasteiger partial charge on any atom is -0.396 e. The maximum absolute atomic E-state index is 14.2. The predicted molar refractivity (Wildman–Crippen MR) is 98.5 cm³/mol. The largest absolute Gasteiger partial charge is 0.433 e. The maximum Gasteiger partial charge on any atom is 0.433 e. The van der Waals surface area contributed by atoms with Crippen LogP contribution < -0.4 is 5.73 Å². The average molecular weight is 413 g/mol. The Morgan fingerprint density at radius 3 is 2.31 bits per heavy atom. The van der Waals surface area contributed by atoms with Gasteiger partial charge in [-0.1, -0.05) is 0 Å². The van der Waals surface area contributed by atoms with Crippen molar-refractivity contribution in [2.45, 2.75) is 43.9 Å². The van der Waals surface area contributed by atoms with E-state index in [4.69, 9.17) is 10.5 Å². The molecule has 1 saturated carbocycles. The monoisotopic (exact) mass is 413 g/mol. The fourth-order valence-electron chi connectivity index (χ4n) is 4.17. The number of nitrogens with two attached hydrogens (primary N) is 1. The van der Waals surface area contributed by atoms with Crippen molar-refractivity contribution in [1.29, 1.82) is 0 Å². The number of anilines is 1. The number of alkyl halides is 3. The van der Waals surface area contributed by atoms with Crippen molar-refractivity contribution >= 4 is 5.69 Å². The number of aromatic nitrogens is 3. The molecule has 2 aromatic heterocycles. The minimum atomic E-state index is -4.67. The van der Waals surface area contributed by atoms with Crippen LogP contribution in [0.3, 0.4) is 0 Å². The van der Waals surface area contributed by atoms with E-state index in [1.165, 1.54) is 0 Å². The van der Waals surface area contributed by atoms with Gasteiger partial charge in [-0.05, 0) is 37.8 Å². The molecule has 2 aliphatic rings. The van der Waals surface area contributed by atoms with Crippen molar-refractivity contribution in [2.24, 2.45) is 0 Å². The Morgan fingerprint density at radius 2 is 1.66 bits per heavy atom. The first kappa shape index (κ1) is 20.1. The van der Waals surface area contributed by atoms with Gasteiger partial charge in [0, 0.05) is 25.3 Å². The summed E-state index contributed by atoms with van der Waals surface area (Å²) in [6.07, 6.45) is 0.641. The second-order valence-corrected chi connectivity index (χ2v) is 7.55. The molecule has 0 radical (unpaired) electrons. The summed E-state index contributed by atoms with van der Waals surface area (Å²) < 4.78 is 60.1. The third-order valence-electron chi connectivity index (χ3n) is 5.72. The zero-order valence-electron chi connectivity index (χ0n) is 15.8. The molecule has 2 fully saturated rings. The summed E-state index contributed by atoms with van der Waals surface area (Å²) in [5, 5.41) is 4.31. The van der Waals surface area contributed by atoms with Crippen LogP contribution in [0.5, 0.6) is 0 Å². The first-order chi connectivity index (χ1) is 13.8. The van der Waals surface area contributed by atoms with E-state index in [2.05, 4.69) is 15.0 Å². The number of nitrogen functional groups attached to an aromatic ring is 1. The fraction of sp³-hybridized carbons (Fsp3) is 0.579. The van der Waals surface area contributed by atoms with Crippen molar-refractivity contribution in [3.05, 3.63) is 29.8 Å². The molecule has 0 spiro atoms. The number of ether oxygens (including phenoxy) is 1. The van der Waals surface area contributed by atoms with E-state index in [0.717, 1.165) is 58.1 Å². The fourth-order valence-corrected chi connectivity index (χ4v) is 4.17. The predicted octanol–water partition coefficient (Wildman–Crippen LogP) is 3.50. The van der Waals surface area contributed by atoms with Crippen molar-refractivity contribution < 1.29 is 22.3 Å². The van der Waals surface area contributed by atoms with Gasteiger partial charge in [0.15, 0.2) is 5.82 Å². The maximum atomic E-state index is 14.2. The zero-order valence-corrected chi connectivity index (χ0v) is 15.8. The van der Waals surface area contributed by atoms with Gasteiger partial charge in [-0.25, -0.2) is 9.37 Å². The Morgan fingerprint density at radius 1 is 1.00 bits per heavy atom. The molecule has 4 rings (SSSR count). The van der Waals surface area contributed by atoms with Gasteiger partial charge in [0.1, 0.15) is 17.1 Å². The molecule has 1 saturated heterocycles. The molecule has 0 unspecified atom stereocenters. The van der Waals surface area contributed by atoms with Gasteiger partial charge in [0.25, 0.3) is 0 Å². The van der Waals surface area contributed by atoms with Crippen molar-refractivity contribution in [1.82, 2.24) is 19.7 Å². The van der Waals surface area contributed by atoms with E-state index >= 15 is 0 Å². The average Bonchev–Trinajstić information content (AvgIpc) is 3.10. The SMILES string of the molecule is Nc1cn(C2CCC(N3CCOCC3)CC2)nc1-c1nc(C(F)(F)F)ccc1F. The summed E-state index contributed by atoms with van der Waals surface area (Å²) in [6.45, 7) is 3.40. The lowest BCUT2D eigenvalue weighted by Gasteiger charge is -2.38. The minimum absolute atomic E-state index is 0.0519. The number of pyridine rings is 1. The molecule has 0 atom stereocenters. The van der Waals surface area contributed by atoms with Crippen LogP contribution >= 0.6 is 0 Å². The van der Waals surface area contributed by atoms with Gasteiger partial charge in [0.05, 0.1) is 24.9 Å². The number of rotatable bonds is 3. The molecule has 10 heteroatoms. The number of hydrogen-bond acceptors (Lipinski definition) is 5. The summed E-state index contributed by atoms with van der Waals surface area (Å²) in [5.41, 5.74) is 4.38. The van der Waals surface area contributed by atoms with Gasteiger partial charge < -0.3 is 10.5 Å². The highest BCUT2D eigenvalue weighted by atomic mass is 19.4. The van der Waals surface area contributed by atoms with Gasteiger partial charge >= 0.3 is 6.18 Å². The normalized spacial score (nSPS) is 24.0. The lowest BCUT2D eigenvalue weighted by atomic mass is 9.90. The smallest absolute Gasteiger partial charge is 0.396 e. The number of halogens is 4. The third-order valence-corrected chi connectivity index (χ3v) is 5.72. The van der Waals surface area contributed by atoms with Crippen molar-refractivity contribution in [3.63, 3.8) is 0 Å². The molecule has 3 heterocycles. The molecule has 2 N–H and O–H groups in total. The van der Waals surface area contributed by atoms with Crippen molar-refractivity contribution in [3.8, 4) is 11.4 Å². The highest BCUT2D eigenvalue weighted by molar-refractivity contribution is 5.69. The molecule has 6 nitrogen and oxygen atoms in total. The van der Waals surface area contributed by atoms with Gasteiger partial charge in [-0.15, -0.1) is 0 Å². The summed E-state index contributed by atoms with van der Waals surface area (Å²) in [5.74, 6) is -0.883. The van der Waals surface area contributed by atoms with Crippen LogP contribution in [-0.4, -0.2) is 52.0 Å². The zero-order chi connectivity index (χ0) is 20.6. The van der Waals surface area contributed by atoms with Crippen LogP contribution in [0.1, 0.15) is 37.4 Å². The Hall–Kier alpha value is -2.20. The third kappa shape index (κ3) is 4.23. The number of hydrogen-bond donors (Lipinski definition) is 1. The first-order valence-corrected chi connectivity index (χ1v) is 9.73. The summed E-state index contributed by atoms with van der Waals surface area (Å²) in [4.78, 5) is 5.88. The molecule has 0 bridgehead atoms. The number of morpholine rings is 1. The Labute approximate surface area is 165 Å². The van der Waals surface area contributed by atoms with E-state index in [-0.39, 0.29) is 17.4 Å². The second-order valence-electron chi connectivity index (χ2n) is 7.55. The summed E-state index contributed by atoms with van der Waals surface area (Å²) in [6, 6.07) is 1.94. The van der Waals surface area contributed by atoms with Crippen LogP contribution in [0.15, 0.2) is 18.3 Å². The topological polar surface area (TPSA) is 69.2 Å². The highest BCUT2D eigenvalue weighted by Crippen LogP contribution is 2.35. The lowest BCUT2D eigenvalue weighted by Crippen LogP contribution is -2.45. The molecular formula is C19H23F4N5O. The molecule has 1 aliphatic carbocycles. The van der Waals surface area contributed by atoms with Gasteiger partial charge in [-0.3, -0.25) is 9.58 Å². The van der Waals surface area contributed by atoms with E-state index < -0.39 is 23.4 Å². The van der Waals surface area contributed by atoms with E-state index in [9.17, 15) is 17.6 Å². The molecule has 1 aliphatic heterocycles. The molecule has 158 valence electrons. The summed E-state index contributed by atoms with van der Waals surface area (Å²) in [7, 11) is 0. The van der Waals surface area contributed by atoms with Crippen LogP contribution in [0.25, 0.3) is 11.4 Å². The van der Waals surface area contributed by atoms with E-state index in [1.54, 1.807) is 10.9 Å². The van der Waals surface area contributed by atoms with Gasteiger partial charge in [-0.2, -0.15) is 18.3 Å². The Balaban J connectivity index is 1.50. The molecule has 29 heavy (non-hydrogen) atoms. The van der Waals surface area contributed by atoms with Gasteiger partial charge in [0.2, 0.25) is 0 Å². The molecule has 2 aromatic rings.